The second-order valence-corrected chi connectivity index (χ2v) is 4.00. The van der Waals surface area contributed by atoms with E-state index < -0.39 is 5.82 Å². The Hall–Kier alpha value is -1.13. The number of hydrogen-bond acceptors (Lipinski definition) is 3. The van der Waals surface area contributed by atoms with Crippen LogP contribution in [-0.2, 0) is 6.54 Å². The number of aliphatic hydroxyl groups excluding tert-OH is 1. The molecule has 1 aromatic carbocycles. The lowest BCUT2D eigenvalue weighted by Gasteiger charge is -2.11. The van der Waals surface area contributed by atoms with Gasteiger partial charge in [-0.15, -0.1) is 0 Å². The van der Waals surface area contributed by atoms with Gasteiger partial charge in [0.15, 0.2) is 11.6 Å². The average molecular weight is 227 g/mol. The van der Waals surface area contributed by atoms with Gasteiger partial charge in [0.1, 0.15) is 0 Å². The van der Waals surface area contributed by atoms with Gasteiger partial charge in [-0.05, 0) is 24.9 Å². The highest BCUT2D eigenvalue weighted by molar-refractivity contribution is 5.33. The van der Waals surface area contributed by atoms with Crippen molar-refractivity contribution in [2.45, 2.75) is 19.9 Å². The number of para-hydroxylation sites is 1. The van der Waals surface area contributed by atoms with E-state index in [0.717, 1.165) is 13.0 Å². The van der Waals surface area contributed by atoms with Crippen LogP contribution in [0.15, 0.2) is 18.2 Å². The van der Waals surface area contributed by atoms with Crippen molar-refractivity contribution in [3.63, 3.8) is 0 Å². The molecule has 3 N–H and O–H groups in total. The predicted molar refractivity (Wildman–Crippen MR) is 60.6 cm³/mol. The van der Waals surface area contributed by atoms with Gasteiger partial charge in [0.2, 0.25) is 0 Å². The maximum absolute atomic E-state index is 13.0. The Bertz CT molecular complexity index is 331. The molecule has 0 fully saturated rings. The van der Waals surface area contributed by atoms with Gasteiger partial charge in [-0.1, -0.05) is 19.1 Å². The van der Waals surface area contributed by atoms with Crippen molar-refractivity contribution in [3.05, 3.63) is 29.6 Å². The van der Waals surface area contributed by atoms with Gasteiger partial charge in [-0.2, -0.15) is 0 Å². The summed E-state index contributed by atoms with van der Waals surface area (Å²) in [5, 5.41) is 21.2. The number of benzene rings is 1. The molecule has 0 bridgehead atoms. The summed E-state index contributed by atoms with van der Waals surface area (Å²) in [6.45, 7) is 3.36. The minimum Gasteiger partial charge on any atom is -0.505 e. The summed E-state index contributed by atoms with van der Waals surface area (Å²) in [5.41, 5.74) is 0.552. The fourth-order valence-corrected chi connectivity index (χ4v) is 1.48. The number of aliphatic hydroxyl groups is 1. The van der Waals surface area contributed by atoms with Gasteiger partial charge in [0, 0.05) is 18.7 Å². The minimum absolute atomic E-state index is 0.175. The van der Waals surface area contributed by atoms with Gasteiger partial charge in [-0.25, -0.2) is 4.39 Å². The second-order valence-electron chi connectivity index (χ2n) is 4.00. The Morgan fingerprint density at radius 1 is 1.44 bits per heavy atom. The van der Waals surface area contributed by atoms with E-state index in [-0.39, 0.29) is 12.4 Å². The molecule has 0 radical (unpaired) electrons. The topological polar surface area (TPSA) is 52.5 Å². The Balaban J connectivity index is 2.40. The summed E-state index contributed by atoms with van der Waals surface area (Å²) >= 11 is 0. The number of hydrogen-bond donors (Lipinski definition) is 3. The van der Waals surface area contributed by atoms with Crippen LogP contribution in [0.3, 0.4) is 0 Å². The van der Waals surface area contributed by atoms with Gasteiger partial charge >= 0.3 is 0 Å². The molecule has 1 atom stereocenters. The lowest BCUT2D eigenvalue weighted by Crippen LogP contribution is -2.21. The first-order chi connectivity index (χ1) is 7.65. The molecular formula is C12H18FNO2. The fraction of sp³-hybridized carbons (Fsp3) is 0.500. The van der Waals surface area contributed by atoms with E-state index in [0.29, 0.717) is 18.0 Å². The van der Waals surface area contributed by atoms with Crippen LogP contribution in [0.5, 0.6) is 5.75 Å². The van der Waals surface area contributed by atoms with Crippen LogP contribution in [0.25, 0.3) is 0 Å². The SMILES string of the molecule is CC(CCO)CNCc1cccc(F)c1O. The smallest absolute Gasteiger partial charge is 0.165 e. The third-order valence-corrected chi connectivity index (χ3v) is 2.50. The summed E-state index contributed by atoms with van der Waals surface area (Å²) in [6, 6.07) is 4.48. The predicted octanol–water partition coefficient (Wildman–Crippen LogP) is 1.64. The van der Waals surface area contributed by atoms with E-state index in [1.54, 1.807) is 12.1 Å². The highest BCUT2D eigenvalue weighted by Crippen LogP contribution is 2.20. The zero-order valence-corrected chi connectivity index (χ0v) is 9.41. The summed E-state index contributed by atoms with van der Waals surface area (Å²) in [7, 11) is 0. The Morgan fingerprint density at radius 2 is 2.19 bits per heavy atom. The summed E-state index contributed by atoms with van der Waals surface area (Å²) < 4.78 is 13.0. The maximum atomic E-state index is 13.0. The van der Waals surface area contributed by atoms with Gasteiger partial charge < -0.3 is 15.5 Å². The first-order valence-electron chi connectivity index (χ1n) is 5.43. The van der Waals surface area contributed by atoms with E-state index in [4.69, 9.17) is 5.11 Å². The summed E-state index contributed by atoms with van der Waals surface area (Å²) in [6.07, 6.45) is 0.738. The third kappa shape index (κ3) is 3.79. The molecule has 0 saturated heterocycles. The highest BCUT2D eigenvalue weighted by Gasteiger charge is 2.06. The second kappa shape index (κ2) is 6.45. The zero-order valence-electron chi connectivity index (χ0n) is 9.41. The van der Waals surface area contributed by atoms with Crippen molar-refractivity contribution < 1.29 is 14.6 Å². The van der Waals surface area contributed by atoms with E-state index >= 15 is 0 Å². The van der Waals surface area contributed by atoms with E-state index in [9.17, 15) is 9.50 Å². The van der Waals surface area contributed by atoms with Crippen LogP contribution < -0.4 is 5.32 Å². The Morgan fingerprint density at radius 3 is 2.88 bits per heavy atom. The van der Waals surface area contributed by atoms with E-state index in [1.165, 1.54) is 6.07 Å². The molecule has 1 rings (SSSR count). The molecule has 0 aromatic heterocycles. The van der Waals surface area contributed by atoms with E-state index in [2.05, 4.69) is 5.32 Å². The van der Waals surface area contributed by atoms with Crippen molar-refractivity contribution in [3.8, 4) is 5.75 Å². The molecule has 4 heteroatoms. The van der Waals surface area contributed by atoms with Gasteiger partial charge in [0.05, 0.1) is 0 Å². The number of rotatable bonds is 6. The molecule has 0 aliphatic heterocycles. The van der Waals surface area contributed by atoms with Crippen LogP contribution >= 0.6 is 0 Å². The van der Waals surface area contributed by atoms with Crippen molar-refractivity contribution in [2.24, 2.45) is 5.92 Å². The van der Waals surface area contributed by atoms with Crippen LogP contribution in [-0.4, -0.2) is 23.4 Å². The summed E-state index contributed by atoms with van der Waals surface area (Å²) in [4.78, 5) is 0. The molecular weight excluding hydrogens is 209 g/mol. The monoisotopic (exact) mass is 227 g/mol. The lowest BCUT2D eigenvalue weighted by atomic mass is 10.1. The number of phenols is 1. The number of nitrogens with one attached hydrogen (secondary N) is 1. The first-order valence-corrected chi connectivity index (χ1v) is 5.43. The van der Waals surface area contributed by atoms with Gasteiger partial charge in [0.25, 0.3) is 0 Å². The molecule has 0 spiro atoms. The molecule has 0 aliphatic rings. The number of halogens is 1. The van der Waals surface area contributed by atoms with Crippen LogP contribution in [0.4, 0.5) is 4.39 Å². The normalized spacial score (nSPS) is 12.7. The highest BCUT2D eigenvalue weighted by atomic mass is 19.1. The van der Waals surface area contributed by atoms with E-state index in [1.807, 2.05) is 6.92 Å². The maximum Gasteiger partial charge on any atom is 0.165 e. The molecule has 90 valence electrons. The van der Waals surface area contributed by atoms with Crippen molar-refractivity contribution in [2.75, 3.05) is 13.2 Å². The molecule has 3 nitrogen and oxygen atoms in total. The lowest BCUT2D eigenvalue weighted by molar-refractivity contribution is 0.260. The van der Waals surface area contributed by atoms with Crippen molar-refractivity contribution in [1.82, 2.24) is 5.32 Å². The standard InChI is InChI=1S/C12H18FNO2/c1-9(5-6-15)7-14-8-10-3-2-4-11(13)12(10)16/h2-4,9,14-16H,5-8H2,1H3. The Kier molecular flexibility index (Phi) is 5.22. The van der Waals surface area contributed by atoms with Crippen LogP contribution in [0.2, 0.25) is 0 Å². The van der Waals surface area contributed by atoms with Crippen LogP contribution in [0.1, 0.15) is 18.9 Å². The molecule has 0 heterocycles. The van der Waals surface area contributed by atoms with Crippen molar-refractivity contribution >= 4 is 0 Å². The molecule has 1 aromatic rings. The minimum atomic E-state index is -0.595. The summed E-state index contributed by atoms with van der Waals surface area (Å²) in [5.74, 6) is -0.520. The molecule has 1 unspecified atom stereocenters. The number of aromatic hydroxyl groups is 1. The first kappa shape index (κ1) is 12.9. The molecule has 16 heavy (non-hydrogen) atoms. The van der Waals surface area contributed by atoms with Crippen LogP contribution in [0, 0.1) is 11.7 Å². The van der Waals surface area contributed by atoms with Gasteiger partial charge in [-0.3, -0.25) is 0 Å². The molecule has 0 amide bonds. The molecule has 0 saturated carbocycles. The largest absolute Gasteiger partial charge is 0.505 e. The average Bonchev–Trinajstić information content (AvgIpc) is 2.25. The fourth-order valence-electron chi connectivity index (χ4n) is 1.48. The zero-order chi connectivity index (χ0) is 12.0. The van der Waals surface area contributed by atoms with Crippen molar-refractivity contribution in [1.29, 1.82) is 0 Å². The Labute approximate surface area is 94.9 Å². The third-order valence-electron chi connectivity index (χ3n) is 2.50. The quantitative estimate of drug-likeness (QED) is 0.692. The molecule has 0 aliphatic carbocycles. The number of phenolic OH excluding ortho intramolecular Hbond substituents is 1.